The number of benzene rings is 2. The molecule has 2 rings (SSSR count). The number of primary amides is 1. The van der Waals surface area contributed by atoms with Crippen LogP contribution in [0.15, 0.2) is 36.4 Å². The third-order valence-corrected chi connectivity index (χ3v) is 6.41. The Morgan fingerprint density at radius 1 is 0.923 bits per heavy atom. The van der Waals surface area contributed by atoms with Gasteiger partial charge in [0.15, 0.2) is 0 Å². The molecular formula is C29H39F2N3O5. The normalized spacial score (nSPS) is 13.4. The number of nitrogens with one attached hydrogen (secondary N) is 1. The van der Waals surface area contributed by atoms with Gasteiger partial charge >= 0.3 is 0 Å². The number of halogens is 2. The van der Waals surface area contributed by atoms with E-state index >= 15 is 0 Å². The highest BCUT2D eigenvalue weighted by Crippen LogP contribution is 2.19. The number of rotatable bonds is 15. The summed E-state index contributed by atoms with van der Waals surface area (Å²) in [4.78, 5) is 40.4. The van der Waals surface area contributed by atoms with Crippen LogP contribution in [0.4, 0.5) is 8.78 Å². The summed E-state index contributed by atoms with van der Waals surface area (Å²) in [5.41, 5.74) is 5.50. The highest BCUT2D eigenvalue weighted by Gasteiger charge is 2.30. The van der Waals surface area contributed by atoms with Crippen molar-refractivity contribution >= 4 is 17.7 Å². The third-order valence-electron chi connectivity index (χ3n) is 6.41. The van der Waals surface area contributed by atoms with E-state index in [1.807, 2.05) is 20.8 Å². The molecule has 5 N–H and O–H groups in total. The fraction of sp³-hybridized carbons (Fsp3) is 0.483. The molecule has 214 valence electrons. The molecular weight excluding hydrogens is 508 g/mol. The van der Waals surface area contributed by atoms with Crippen molar-refractivity contribution in [2.24, 2.45) is 5.73 Å². The zero-order chi connectivity index (χ0) is 29.1. The zero-order valence-electron chi connectivity index (χ0n) is 22.8. The molecule has 0 unspecified atom stereocenters. The number of aliphatic hydroxyl groups is 2. The van der Waals surface area contributed by atoms with Gasteiger partial charge in [0.1, 0.15) is 17.7 Å². The average molecular weight is 548 g/mol. The van der Waals surface area contributed by atoms with Crippen molar-refractivity contribution in [2.45, 2.75) is 77.5 Å². The van der Waals surface area contributed by atoms with Gasteiger partial charge < -0.3 is 26.2 Å². The van der Waals surface area contributed by atoms with Crippen molar-refractivity contribution in [1.29, 1.82) is 0 Å². The molecule has 0 aliphatic carbocycles. The maximum Gasteiger partial charge on any atom is 0.253 e. The zero-order valence-corrected chi connectivity index (χ0v) is 22.8. The lowest BCUT2D eigenvalue weighted by atomic mass is 9.94. The second-order valence-electron chi connectivity index (χ2n) is 9.68. The van der Waals surface area contributed by atoms with E-state index < -0.39 is 41.7 Å². The molecule has 0 spiro atoms. The van der Waals surface area contributed by atoms with Crippen LogP contribution in [0.25, 0.3) is 0 Å². The van der Waals surface area contributed by atoms with Crippen molar-refractivity contribution in [3.05, 3.63) is 70.3 Å². The first-order chi connectivity index (χ1) is 18.5. The van der Waals surface area contributed by atoms with Gasteiger partial charge in [-0.15, -0.1) is 0 Å². The average Bonchev–Trinajstić information content (AvgIpc) is 2.89. The van der Waals surface area contributed by atoms with Gasteiger partial charge in [-0.3, -0.25) is 14.4 Å². The largest absolute Gasteiger partial charge is 0.390 e. The Morgan fingerprint density at radius 2 is 1.54 bits per heavy atom. The fourth-order valence-electron chi connectivity index (χ4n) is 4.46. The Labute approximate surface area is 228 Å². The Balaban J connectivity index is 2.45. The Hall–Kier alpha value is -3.37. The molecule has 3 amide bonds. The highest BCUT2D eigenvalue weighted by atomic mass is 19.1. The fourth-order valence-corrected chi connectivity index (χ4v) is 4.46. The van der Waals surface area contributed by atoms with Gasteiger partial charge in [0.25, 0.3) is 11.8 Å². The van der Waals surface area contributed by atoms with E-state index in [1.54, 1.807) is 4.90 Å². The Kier molecular flexibility index (Phi) is 12.5. The van der Waals surface area contributed by atoms with Gasteiger partial charge in [0, 0.05) is 24.7 Å². The lowest BCUT2D eigenvalue weighted by molar-refractivity contribution is -0.00816. The van der Waals surface area contributed by atoms with Crippen LogP contribution in [0.3, 0.4) is 0 Å². The minimum Gasteiger partial charge on any atom is -0.390 e. The summed E-state index contributed by atoms with van der Waals surface area (Å²) in [7, 11) is 0. The van der Waals surface area contributed by atoms with Gasteiger partial charge in [-0.05, 0) is 61.6 Å². The minimum absolute atomic E-state index is 0.141. The molecule has 2 aromatic carbocycles. The number of aliphatic hydroxyl groups excluding tert-OH is 2. The molecule has 0 saturated heterocycles. The lowest BCUT2D eigenvalue weighted by Crippen LogP contribution is -2.50. The van der Waals surface area contributed by atoms with E-state index in [-0.39, 0.29) is 41.0 Å². The number of unbranched alkanes of at least 4 members (excludes halogenated alkanes) is 1. The molecule has 3 atom stereocenters. The molecule has 0 fully saturated rings. The van der Waals surface area contributed by atoms with E-state index in [1.165, 1.54) is 18.2 Å². The molecule has 0 radical (unpaired) electrons. The number of amides is 3. The van der Waals surface area contributed by atoms with Gasteiger partial charge in [0.2, 0.25) is 5.91 Å². The van der Waals surface area contributed by atoms with Crippen LogP contribution in [0.5, 0.6) is 0 Å². The molecule has 39 heavy (non-hydrogen) atoms. The van der Waals surface area contributed by atoms with Gasteiger partial charge in [-0.2, -0.15) is 0 Å². The summed E-state index contributed by atoms with van der Waals surface area (Å²) in [5, 5.41) is 24.0. The molecule has 0 aliphatic heterocycles. The third kappa shape index (κ3) is 9.11. The maximum absolute atomic E-state index is 13.8. The predicted molar refractivity (Wildman–Crippen MR) is 144 cm³/mol. The monoisotopic (exact) mass is 547 g/mol. The van der Waals surface area contributed by atoms with E-state index in [2.05, 4.69) is 5.32 Å². The smallest absolute Gasteiger partial charge is 0.253 e. The van der Waals surface area contributed by atoms with E-state index in [0.29, 0.717) is 25.6 Å². The highest BCUT2D eigenvalue weighted by molar-refractivity contribution is 6.08. The number of carbonyl (C=O) groups is 3. The standard InChI is InChI=1S/C29H39F2N3O5/c1-4-7-8-25(35)26(36)24(15-18-13-20(30)17-21(31)14-18)33-28(38)23-16-19(9-10-22(23)27(32)37)29(39)34(11-5-2)12-6-3/h9-10,13-14,16-17,24-26,35-36H,4-8,11-12,15H2,1-3H3,(H2,32,37)(H,33,38)/t24-,25+,26+/m0/s1. The second kappa shape index (κ2) is 15.3. The van der Waals surface area contributed by atoms with Crippen LogP contribution in [-0.2, 0) is 6.42 Å². The Morgan fingerprint density at radius 3 is 2.08 bits per heavy atom. The van der Waals surface area contributed by atoms with Crippen molar-refractivity contribution < 1.29 is 33.4 Å². The summed E-state index contributed by atoms with van der Waals surface area (Å²) in [5.74, 6) is -3.71. The van der Waals surface area contributed by atoms with Crippen molar-refractivity contribution in [2.75, 3.05) is 13.1 Å². The second-order valence-corrected chi connectivity index (χ2v) is 9.68. The molecule has 8 nitrogen and oxygen atoms in total. The number of nitrogens with two attached hydrogens (primary N) is 1. The molecule has 0 aliphatic rings. The first-order valence-electron chi connectivity index (χ1n) is 13.4. The summed E-state index contributed by atoms with van der Waals surface area (Å²) in [6.45, 7) is 6.82. The van der Waals surface area contributed by atoms with Crippen LogP contribution in [0, 0.1) is 11.6 Å². The van der Waals surface area contributed by atoms with Crippen LogP contribution in [0.2, 0.25) is 0 Å². The summed E-state index contributed by atoms with van der Waals surface area (Å²) < 4.78 is 27.7. The number of nitrogens with zero attached hydrogens (tertiary/aromatic N) is 1. The molecule has 2 aromatic rings. The SMILES string of the molecule is CCCC[C@@H](O)[C@H](O)[C@H](Cc1cc(F)cc(F)c1)NC(=O)c1cc(C(=O)N(CCC)CCC)ccc1C(N)=O. The molecule has 0 heterocycles. The summed E-state index contributed by atoms with van der Waals surface area (Å²) in [6, 6.07) is 5.65. The van der Waals surface area contributed by atoms with E-state index in [4.69, 9.17) is 5.73 Å². The number of hydrogen-bond donors (Lipinski definition) is 4. The van der Waals surface area contributed by atoms with Crippen LogP contribution < -0.4 is 11.1 Å². The molecule has 10 heteroatoms. The van der Waals surface area contributed by atoms with Gasteiger partial charge in [-0.1, -0.05) is 33.6 Å². The van der Waals surface area contributed by atoms with Crippen molar-refractivity contribution in [3.8, 4) is 0 Å². The van der Waals surface area contributed by atoms with Crippen molar-refractivity contribution in [1.82, 2.24) is 10.2 Å². The number of carbonyl (C=O) groups excluding carboxylic acids is 3. The lowest BCUT2D eigenvalue weighted by Gasteiger charge is -2.28. The topological polar surface area (TPSA) is 133 Å². The first kappa shape index (κ1) is 31.8. The Bertz CT molecular complexity index is 1120. The van der Waals surface area contributed by atoms with Crippen LogP contribution in [-0.4, -0.2) is 64.2 Å². The minimum atomic E-state index is -1.49. The predicted octanol–water partition coefficient (Wildman–Crippen LogP) is 3.58. The first-order valence-corrected chi connectivity index (χ1v) is 13.4. The molecule has 0 bridgehead atoms. The number of hydrogen-bond acceptors (Lipinski definition) is 5. The van der Waals surface area contributed by atoms with E-state index in [9.17, 15) is 33.4 Å². The van der Waals surface area contributed by atoms with Gasteiger partial charge in [-0.25, -0.2) is 8.78 Å². The molecule has 0 aromatic heterocycles. The van der Waals surface area contributed by atoms with Crippen LogP contribution >= 0.6 is 0 Å². The van der Waals surface area contributed by atoms with Crippen LogP contribution in [0.1, 0.15) is 89.5 Å². The molecule has 0 saturated carbocycles. The maximum atomic E-state index is 13.8. The quantitative estimate of drug-likeness (QED) is 0.271. The summed E-state index contributed by atoms with van der Waals surface area (Å²) >= 11 is 0. The van der Waals surface area contributed by atoms with Crippen molar-refractivity contribution in [3.63, 3.8) is 0 Å². The van der Waals surface area contributed by atoms with E-state index in [0.717, 1.165) is 31.4 Å². The van der Waals surface area contributed by atoms with Gasteiger partial charge in [0.05, 0.1) is 23.3 Å². The summed E-state index contributed by atoms with van der Waals surface area (Å²) in [6.07, 6.45) is 0.144.